The zero-order valence-electron chi connectivity index (χ0n) is 12.6. The van der Waals surface area contributed by atoms with Gasteiger partial charge in [0.05, 0.1) is 12.8 Å². The Kier molecular flexibility index (Phi) is 8.23. The highest BCUT2D eigenvalue weighted by atomic mass is 16.5. The van der Waals surface area contributed by atoms with Crippen molar-refractivity contribution in [1.82, 2.24) is 10.3 Å². The minimum Gasteiger partial charge on any atom is -0.492 e. The van der Waals surface area contributed by atoms with Gasteiger partial charge in [-0.15, -0.1) is 0 Å². The Morgan fingerprint density at radius 3 is 2.84 bits per heavy atom. The van der Waals surface area contributed by atoms with Gasteiger partial charge in [-0.1, -0.05) is 40.0 Å². The summed E-state index contributed by atoms with van der Waals surface area (Å²) >= 11 is 0. The summed E-state index contributed by atoms with van der Waals surface area (Å²) in [7, 11) is 0. The van der Waals surface area contributed by atoms with Crippen LogP contribution in [0.3, 0.4) is 0 Å². The minimum atomic E-state index is 0.667. The van der Waals surface area contributed by atoms with E-state index >= 15 is 0 Å². The van der Waals surface area contributed by atoms with E-state index < -0.39 is 0 Å². The molecule has 0 saturated heterocycles. The standard InChI is InChI=1S/C16H28N2O/c1-4-5-6-7-10-19-16-13-17-9-8-15(16)12-18-11-14(2)3/h8-9,13-14,18H,4-7,10-12H2,1-3H3. The molecule has 1 aromatic rings. The Labute approximate surface area is 117 Å². The van der Waals surface area contributed by atoms with Gasteiger partial charge in [-0.2, -0.15) is 0 Å². The first-order chi connectivity index (χ1) is 9.24. The number of nitrogens with one attached hydrogen (secondary N) is 1. The van der Waals surface area contributed by atoms with Crippen molar-refractivity contribution in [1.29, 1.82) is 0 Å². The largest absolute Gasteiger partial charge is 0.492 e. The van der Waals surface area contributed by atoms with Crippen LogP contribution in [0.5, 0.6) is 5.75 Å². The van der Waals surface area contributed by atoms with Crippen LogP contribution in [0.2, 0.25) is 0 Å². The van der Waals surface area contributed by atoms with E-state index in [2.05, 4.69) is 31.1 Å². The molecular formula is C16H28N2O. The van der Waals surface area contributed by atoms with E-state index in [9.17, 15) is 0 Å². The Morgan fingerprint density at radius 1 is 1.26 bits per heavy atom. The highest BCUT2D eigenvalue weighted by Crippen LogP contribution is 2.16. The molecule has 3 heteroatoms. The predicted molar refractivity (Wildman–Crippen MR) is 80.4 cm³/mol. The number of pyridine rings is 1. The van der Waals surface area contributed by atoms with Crippen molar-refractivity contribution < 1.29 is 4.74 Å². The molecule has 0 saturated carbocycles. The van der Waals surface area contributed by atoms with Crippen molar-refractivity contribution in [3.8, 4) is 5.75 Å². The maximum absolute atomic E-state index is 5.84. The number of unbranched alkanes of at least 4 members (excludes halogenated alkanes) is 3. The van der Waals surface area contributed by atoms with E-state index in [1.54, 1.807) is 0 Å². The van der Waals surface area contributed by atoms with Gasteiger partial charge in [0, 0.05) is 18.3 Å². The third kappa shape index (κ3) is 7.16. The van der Waals surface area contributed by atoms with Crippen LogP contribution in [0.25, 0.3) is 0 Å². The molecular weight excluding hydrogens is 236 g/mol. The molecule has 0 bridgehead atoms. The lowest BCUT2D eigenvalue weighted by atomic mass is 10.2. The zero-order chi connectivity index (χ0) is 13.9. The van der Waals surface area contributed by atoms with Gasteiger partial charge in [0.15, 0.2) is 0 Å². The summed E-state index contributed by atoms with van der Waals surface area (Å²) in [4.78, 5) is 4.15. The Morgan fingerprint density at radius 2 is 2.11 bits per heavy atom. The summed E-state index contributed by atoms with van der Waals surface area (Å²) in [5.74, 6) is 1.59. The summed E-state index contributed by atoms with van der Waals surface area (Å²) in [6.45, 7) is 9.32. The molecule has 1 heterocycles. The first-order valence-corrected chi connectivity index (χ1v) is 7.50. The van der Waals surface area contributed by atoms with Crippen molar-refractivity contribution in [2.75, 3.05) is 13.2 Å². The molecule has 0 aliphatic carbocycles. The first-order valence-electron chi connectivity index (χ1n) is 7.50. The van der Waals surface area contributed by atoms with Crippen LogP contribution in [0.1, 0.15) is 52.0 Å². The van der Waals surface area contributed by atoms with Gasteiger partial charge in [0.1, 0.15) is 5.75 Å². The summed E-state index contributed by atoms with van der Waals surface area (Å²) in [5.41, 5.74) is 1.20. The molecule has 108 valence electrons. The highest BCUT2D eigenvalue weighted by Gasteiger charge is 2.03. The molecule has 0 unspecified atom stereocenters. The lowest BCUT2D eigenvalue weighted by molar-refractivity contribution is 0.300. The molecule has 0 amide bonds. The van der Waals surface area contributed by atoms with Crippen LogP contribution >= 0.6 is 0 Å². The van der Waals surface area contributed by atoms with E-state index in [4.69, 9.17) is 4.74 Å². The molecule has 3 nitrogen and oxygen atoms in total. The van der Waals surface area contributed by atoms with Crippen molar-refractivity contribution in [2.24, 2.45) is 5.92 Å². The molecule has 0 aromatic carbocycles. The fraction of sp³-hybridized carbons (Fsp3) is 0.688. The molecule has 0 aliphatic heterocycles. The van der Waals surface area contributed by atoms with Crippen LogP contribution in [0, 0.1) is 5.92 Å². The second-order valence-electron chi connectivity index (χ2n) is 5.42. The second kappa shape index (κ2) is 9.79. The zero-order valence-corrected chi connectivity index (χ0v) is 12.6. The summed E-state index contributed by atoms with van der Waals surface area (Å²) in [6.07, 6.45) is 8.58. The highest BCUT2D eigenvalue weighted by molar-refractivity contribution is 5.29. The summed E-state index contributed by atoms with van der Waals surface area (Å²) in [6, 6.07) is 2.04. The van der Waals surface area contributed by atoms with Crippen molar-refractivity contribution >= 4 is 0 Å². The second-order valence-corrected chi connectivity index (χ2v) is 5.42. The van der Waals surface area contributed by atoms with Crippen molar-refractivity contribution in [3.63, 3.8) is 0 Å². The van der Waals surface area contributed by atoms with Crippen molar-refractivity contribution in [3.05, 3.63) is 24.0 Å². The van der Waals surface area contributed by atoms with E-state index in [0.717, 1.165) is 31.9 Å². The molecule has 19 heavy (non-hydrogen) atoms. The third-order valence-corrected chi connectivity index (χ3v) is 2.99. The number of nitrogens with zero attached hydrogens (tertiary/aromatic N) is 1. The maximum Gasteiger partial charge on any atom is 0.142 e. The summed E-state index contributed by atoms with van der Waals surface area (Å²) < 4.78 is 5.84. The van der Waals surface area contributed by atoms with Gasteiger partial charge in [0.25, 0.3) is 0 Å². The first kappa shape index (κ1) is 16.0. The van der Waals surface area contributed by atoms with Gasteiger partial charge in [-0.3, -0.25) is 4.98 Å². The van der Waals surface area contributed by atoms with Gasteiger partial charge in [-0.05, 0) is 24.9 Å². The van der Waals surface area contributed by atoms with Gasteiger partial charge in [0.2, 0.25) is 0 Å². The van der Waals surface area contributed by atoms with E-state index in [0.29, 0.717) is 5.92 Å². The van der Waals surface area contributed by atoms with Gasteiger partial charge >= 0.3 is 0 Å². The fourth-order valence-electron chi connectivity index (χ4n) is 1.89. The fourth-order valence-corrected chi connectivity index (χ4v) is 1.89. The topological polar surface area (TPSA) is 34.1 Å². The van der Waals surface area contributed by atoms with Gasteiger partial charge < -0.3 is 10.1 Å². The average molecular weight is 264 g/mol. The van der Waals surface area contributed by atoms with Crippen LogP contribution in [0.4, 0.5) is 0 Å². The van der Waals surface area contributed by atoms with Gasteiger partial charge in [-0.25, -0.2) is 0 Å². The number of ether oxygens (including phenoxy) is 1. The number of aromatic nitrogens is 1. The lowest BCUT2D eigenvalue weighted by Gasteiger charge is -2.12. The smallest absolute Gasteiger partial charge is 0.142 e. The molecule has 0 aliphatic rings. The average Bonchev–Trinajstić information content (AvgIpc) is 2.40. The number of hydrogen-bond acceptors (Lipinski definition) is 3. The molecule has 1 aromatic heterocycles. The molecule has 0 atom stereocenters. The lowest BCUT2D eigenvalue weighted by Crippen LogP contribution is -2.19. The van der Waals surface area contributed by atoms with Crippen molar-refractivity contribution in [2.45, 2.75) is 53.0 Å². The van der Waals surface area contributed by atoms with E-state index in [1.807, 2.05) is 18.5 Å². The Bertz CT molecular complexity index is 339. The van der Waals surface area contributed by atoms with Crippen LogP contribution in [0.15, 0.2) is 18.5 Å². The van der Waals surface area contributed by atoms with Crippen LogP contribution in [-0.2, 0) is 6.54 Å². The number of hydrogen-bond donors (Lipinski definition) is 1. The Hall–Kier alpha value is -1.09. The molecule has 0 fully saturated rings. The predicted octanol–water partition coefficient (Wildman–Crippen LogP) is 3.79. The minimum absolute atomic E-state index is 0.667. The molecule has 1 rings (SSSR count). The molecule has 0 spiro atoms. The van der Waals surface area contributed by atoms with E-state index in [1.165, 1.54) is 24.8 Å². The van der Waals surface area contributed by atoms with Crippen LogP contribution in [-0.4, -0.2) is 18.1 Å². The molecule has 1 N–H and O–H groups in total. The normalized spacial score (nSPS) is 10.9. The third-order valence-electron chi connectivity index (χ3n) is 2.99. The quantitative estimate of drug-likeness (QED) is 0.653. The number of rotatable bonds is 10. The monoisotopic (exact) mass is 264 g/mol. The molecule has 0 radical (unpaired) electrons. The van der Waals surface area contributed by atoms with E-state index in [-0.39, 0.29) is 0 Å². The summed E-state index contributed by atoms with van der Waals surface area (Å²) in [5, 5.41) is 3.44. The van der Waals surface area contributed by atoms with Crippen LogP contribution < -0.4 is 10.1 Å². The maximum atomic E-state index is 5.84. The SMILES string of the molecule is CCCCCCOc1cnccc1CNCC(C)C. The Balaban J connectivity index is 2.35.